The molecule has 1 atom stereocenters. The monoisotopic (exact) mass is 433 g/mol. The number of nitriles is 1. The molecule has 174 valence electrons. The number of nitrogens with one attached hydrogen (secondary N) is 2. The highest BCUT2D eigenvalue weighted by atomic mass is 16.6. The van der Waals surface area contributed by atoms with Gasteiger partial charge in [0.2, 0.25) is 0 Å². The Morgan fingerprint density at radius 2 is 1.90 bits per heavy atom. The predicted molar refractivity (Wildman–Crippen MR) is 122 cm³/mol. The first-order valence-electron chi connectivity index (χ1n) is 10.9. The molecule has 1 aromatic rings. The number of carbonyl (C=O) groups is 1. The second-order valence-electron chi connectivity index (χ2n) is 9.46. The maximum absolute atomic E-state index is 12.1. The summed E-state index contributed by atoms with van der Waals surface area (Å²) in [6.07, 6.45) is 1.60. The van der Waals surface area contributed by atoms with Crippen LogP contribution in [-0.4, -0.2) is 37.5 Å². The molecule has 0 saturated heterocycles. The summed E-state index contributed by atoms with van der Waals surface area (Å²) in [5.74, 6) is 1.78. The van der Waals surface area contributed by atoms with Crippen LogP contribution in [0.5, 0.6) is 11.5 Å². The standard InChI is InChI=1S/C24H39N3O4/c1-18(2)15-24(6,17-26-22(28)31-23(3,4)5)27-16-19-10-11-20(29-7)21(14-19)30-13-9-8-12-25/h10-11,14,18,27H,8-9,13,15-17H2,1-7H3,(H,26,28)/t24-/m0/s1. The molecule has 0 aliphatic carbocycles. The van der Waals surface area contributed by atoms with E-state index in [-0.39, 0.29) is 5.54 Å². The van der Waals surface area contributed by atoms with Gasteiger partial charge in [0, 0.05) is 25.0 Å². The minimum atomic E-state index is -0.529. The Hall–Kier alpha value is -2.46. The van der Waals surface area contributed by atoms with E-state index in [2.05, 4.69) is 37.5 Å². The van der Waals surface area contributed by atoms with Crippen molar-refractivity contribution in [2.75, 3.05) is 20.3 Å². The number of amides is 1. The van der Waals surface area contributed by atoms with Crippen LogP contribution >= 0.6 is 0 Å². The number of ether oxygens (including phenoxy) is 3. The number of hydrogen-bond donors (Lipinski definition) is 2. The number of methoxy groups -OCH3 is 1. The van der Waals surface area contributed by atoms with E-state index < -0.39 is 11.7 Å². The fourth-order valence-corrected chi connectivity index (χ4v) is 3.28. The largest absolute Gasteiger partial charge is 0.493 e. The molecule has 1 aromatic carbocycles. The van der Waals surface area contributed by atoms with Gasteiger partial charge in [0.05, 0.1) is 19.8 Å². The molecule has 0 saturated carbocycles. The Balaban J connectivity index is 2.80. The molecule has 0 aliphatic rings. The summed E-state index contributed by atoms with van der Waals surface area (Å²) in [4.78, 5) is 12.1. The van der Waals surface area contributed by atoms with Crippen LogP contribution in [-0.2, 0) is 11.3 Å². The third-order valence-corrected chi connectivity index (χ3v) is 4.52. The number of rotatable bonds is 12. The van der Waals surface area contributed by atoms with E-state index >= 15 is 0 Å². The fraction of sp³-hybridized carbons (Fsp3) is 0.667. The van der Waals surface area contributed by atoms with E-state index in [0.717, 1.165) is 12.0 Å². The van der Waals surface area contributed by atoms with Gasteiger partial charge in [-0.05, 0) is 64.2 Å². The van der Waals surface area contributed by atoms with Crippen molar-refractivity contribution in [3.05, 3.63) is 23.8 Å². The maximum Gasteiger partial charge on any atom is 0.407 e. The van der Waals surface area contributed by atoms with E-state index in [4.69, 9.17) is 19.5 Å². The zero-order valence-corrected chi connectivity index (χ0v) is 20.1. The highest BCUT2D eigenvalue weighted by molar-refractivity contribution is 5.67. The zero-order valence-electron chi connectivity index (χ0n) is 20.1. The molecule has 7 nitrogen and oxygen atoms in total. The van der Waals surface area contributed by atoms with Crippen molar-refractivity contribution in [2.24, 2.45) is 5.92 Å². The third-order valence-electron chi connectivity index (χ3n) is 4.52. The normalized spacial score (nSPS) is 13.3. The lowest BCUT2D eigenvalue weighted by atomic mass is 9.90. The van der Waals surface area contributed by atoms with Crippen LogP contribution in [0.1, 0.15) is 66.4 Å². The van der Waals surface area contributed by atoms with Crippen LogP contribution in [0.2, 0.25) is 0 Å². The molecule has 1 amide bonds. The second kappa shape index (κ2) is 12.4. The molecule has 0 bridgehead atoms. The lowest BCUT2D eigenvalue weighted by Gasteiger charge is -2.33. The number of nitrogens with zero attached hydrogens (tertiary/aromatic N) is 1. The van der Waals surface area contributed by atoms with Gasteiger partial charge < -0.3 is 24.8 Å². The van der Waals surface area contributed by atoms with Crippen LogP contribution in [0.15, 0.2) is 18.2 Å². The van der Waals surface area contributed by atoms with Gasteiger partial charge in [-0.3, -0.25) is 0 Å². The van der Waals surface area contributed by atoms with Crippen molar-refractivity contribution in [2.45, 2.75) is 78.5 Å². The van der Waals surface area contributed by atoms with E-state index in [9.17, 15) is 4.79 Å². The summed E-state index contributed by atoms with van der Waals surface area (Å²) < 4.78 is 16.6. The molecule has 1 rings (SSSR count). The zero-order chi connectivity index (χ0) is 23.5. The van der Waals surface area contributed by atoms with Gasteiger partial charge >= 0.3 is 6.09 Å². The van der Waals surface area contributed by atoms with Gasteiger partial charge in [0.15, 0.2) is 11.5 Å². The number of alkyl carbamates (subject to hydrolysis) is 1. The Kier molecular flexibility index (Phi) is 10.6. The molecular weight excluding hydrogens is 394 g/mol. The topological polar surface area (TPSA) is 92.6 Å². The highest BCUT2D eigenvalue weighted by Gasteiger charge is 2.27. The van der Waals surface area contributed by atoms with E-state index in [1.165, 1.54) is 0 Å². The number of hydrogen-bond acceptors (Lipinski definition) is 6. The van der Waals surface area contributed by atoms with Crippen molar-refractivity contribution in [1.29, 1.82) is 5.26 Å². The molecule has 0 spiro atoms. The van der Waals surface area contributed by atoms with Gasteiger partial charge in [0.25, 0.3) is 0 Å². The average molecular weight is 434 g/mol. The quantitative estimate of drug-likeness (QED) is 0.460. The molecule has 2 N–H and O–H groups in total. The molecule has 0 fully saturated rings. The Morgan fingerprint density at radius 1 is 1.19 bits per heavy atom. The van der Waals surface area contributed by atoms with Crippen molar-refractivity contribution in [3.63, 3.8) is 0 Å². The van der Waals surface area contributed by atoms with Crippen molar-refractivity contribution in [1.82, 2.24) is 10.6 Å². The minimum absolute atomic E-state index is 0.307. The lowest BCUT2D eigenvalue weighted by molar-refractivity contribution is 0.0507. The first kappa shape index (κ1) is 26.6. The summed E-state index contributed by atoms with van der Waals surface area (Å²) in [6, 6.07) is 7.95. The second-order valence-corrected chi connectivity index (χ2v) is 9.46. The van der Waals surface area contributed by atoms with Crippen LogP contribution in [0.3, 0.4) is 0 Å². The first-order valence-corrected chi connectivity index (χ1v) is 10.9. The van der Waals surface area contributed by atoms with E-state index in [0.29, 0.717) is 50.0 Å². The molecular formula is C24H39N3O4. The first-order chi connectivity index (χ1) is 14.5. The molecule has 0 aliphatic heterocycles. The van der Waals surface area contributed by atoms with Crippen molar-refractivity contribution in [3.8, 4) is 17.6 Å². The molecule has 0 aromatic heterocycles. The minimum Gasteiger partial charge on any atom is -0.493 e. The Morgan fingerprint density at radius 3 is 2.48 bits per heavy atom. The van der Waals surface area contributed by atoms with Crippen molar-refractivity contribution >= 4 is 6.09 Å². The number of benzene rings is 1. The molecule has 0 unspecified atom stereocenters. The summed E-state index contributed by atoms with van der Waals surface area (Å²) in [5.41, 5.74) is 0.209. The fourth-order valence-electron chi connectivity index (χ4n) is 3.28. The summed E-state index contributed by atoms with van der Waals surface area (Å²) in [5, 5.41) is 15.2. The SMILES string of the molecule is COc1ccc(CN[C@](C)(CNC(=O)OC(C)(C)C)CC(C)C)cc1OCCCC#N. The highest BCUT2D eigenvalue weighted by Crippen LogP contribution is 2.29. The number of unbranched alkanes of at least 4 members (excludes halogenated alkanes) is 1. The molecule has 0 radical (unpaired) electrons. The Labute approximate surface area is 187 Å². The van der Waals surface area contributed by atoms with Crippen LogP contribution in [0.4, 0.5) is 4.79 Å². The average Bonchev–Trinajstić information content (AvgIpc) is 2.66. The molecule has 31 heavy (non-hydrogen) atoms. The Bertz CT molecular complexity index is 737. The summed E-state index contributed by atoms with van der Waals surface area (Å²) in [7, 11) is 1.61. The van der Waals surface area contributed by atoms with Gasteiger partial charge in [0.1, 0.15) is 5.60 Å². The lowest BCUT2D eigenvalue weighted by Crippen LogP contribution is -2.52. The molecule has 7 heteroatoms. The van der Waals surface area contributed by atoms with E-state index in [1.54, 1.807) is 7.11 Å². The van der Waals surface area contributed by atoms with Gasteiger partial charge in [-0.2, -0.15) is 5.26 Å². The summed E-state index contributed by atoms with van der Waals surface area (Å²) >= 11 is 0. The summed E-state index contributed by atoms with van der Waals surface area (Å²) in [6.45, 7) is 13.5. The van der Waals surface area contributed by atoms with Crippen LogP contribution in [0, 0.1) is 17.2 Å². The predicted octanol–water partition coefficient (Wildman–Crippen LogP) is 4.80. The smallest absolute Gasteiger partial charge is 0.407 e. The maximum atomic E-state index is 12.1. The van der Waals surface area contributed by atoms with Crippen molar-refractivity contribution < 1.29 is 19.0 Å². The number of carbonyl (C=O) groups excluding carboxylic acids is 1. The van der Waals surface area contributed by atoms with Gasteiger partial charge in [-0.15, -0.1) is 0 Å². The van der Waals surface area contributed by atoms with Crippen LogP contribution < -0.4 is 20.1 Å². The molecule has 0 heterocycles. The van der Waals surface area contributed by atoms with Gasteiger partial charge in [-0.25, -0.2) is 4.79 Å². The van der Waals surface area contributed by atoms with Gasteiger partial charge in [-0.1, -0.05) is 19.9 Å². The third kappa shape index (κ3) is 10.9. The van der Waals surface area contributed by atoms with E-state index in [1.807, 2.05) is 39.0 Å². The van der Waals surface area contributed by atoms with Crippen LogP contribution in [0.25, 0.3) is 0 Å².